The zero-order chi connectivity index (χ0) is 24.4. The lowest BCUT2D eigenvalue weighted by molar-refractivity contribution is -0.118. The molecule has 10 nitrogen and oxygen atoms in total. The van der Waals surface area contributed by atoms with Crippen LogP contribution < -0.4 is 25.3 Å². The average Bonchev–Trinajstić information content (AvgIpc) is 3.33. The van der Waals surface area contributed by atoms with E-state index in [0.717, 1.165) is 5.52 Å². The number of fused-ring (bicyclic) bond motifs is 1. The van der Waals surface area contributed by atoms with Crippen molar-refractivity contribution in [2.45, 2.75) is 0 Å². The van der Waals surface area contributed by atoms with Crippen molar-refractivity contribution in [3.8, 4) is 28.8 Å². The summed E-state index contributed by atoms with van der Waals surface area (Å²) in [6, 6.07) is 12.5. The van der Waals surface area contributed by atoms with Crippen molar-refractivity contribution in [2.75, 3.05) is 26.1 Å². The Hall–Kier alpha value is -4.47. The van der Waals surface area contributed by atoms with Gasteiger partial charge in [-0.2, -0.15) is 0 Å². The molecule has 0 radical (unpaired) electrons. The van der Waals surface area contributed by atoms with Crippen LogP contribution in [-0.2, 0) is 18.9 Å². The molecule has 4 rings (SSSR count). The molecule has 0 bridgehead atoms. The summed E-state index contributed by atoms with van der Waals surface area (Å²) in [7, 11) is 6.67. The molecule has 2 aromatic heterocycles. The van der Waals surface area contributed by atoms with Crippen LogP contribution >= 0.6 is 0 Å². The molecule has 0 fully saturated rings. The molecule has 34 heavy (non-hydrogen) atoms. The van der Waals surface area contributed by atoms with Gasteiger partial charge in [-0.25, -0.2) is 4.98 Å². The normalized spacial score (nSPS) is 10.8. The first-order valence-corrected chi connectivity index (χ1v) is 10.4. The first-order valence-electron chi connectivity index (χ1n) is 10.4. The third-order valence-corrected chi connectivity index (χ3v) is 5.41. The van der Waals surface area contributed by atoms with Gasteiger partial charge in [-0.3, -0.25) is 9.59 Å². The van der Waals surface area contributed by atoms with E-state index in [0.29, 0.717) is 40.0 Å². The first-order chi connectivity index (χ1) is 16.3. The molecule has 0 saturated carbocycles. The molecule has 0 saturated heterocycles. The largest absolute Gasteiger partial charge is 0.494 e. The van der Waals surface area contributed by atoms with Crippen molar-refractivity contribution in [3.63, 3.8) is 0 Å². The number of aryl methyl sites for hydroxylation is 2. The molecule has 0 aliphatic heterocycles. The molecule has 2 amide bonds. The molecule has 10 heteroatoms. The Kier molecular flexibility index (Phi) is 6.13. The highest BCUT2D eigenvalue weighted by Crippen LogP contribution is 2.35. The lowest BCUT2D eigenvalue weighted by atomic mass is 10.2. The predicted molar refractivity (Wildman–Crippen MR) is 127 cm³/mol. The average molecular weight is 463 g/mol. The monoisotopic (exact) mass is 463 g/mol. The summed E-state index contributed by atoms with van der Waals surface area (Å²) in [6.07, 6.45) is 1.61. The van der Waals surface area contributed by atoms with E-state index in [1.165, 1.54) is 7.11 Å². The van der Waals surface area contributed by atoms with Crippen molar-refractivity contribution >= 4 is 28.5 Å². The van der Waals surface area contributed by atoms with Crippen molar-refractivity contribution < 1.29 is 23.8 Å². The van der Waals surface area contributed by atoms with Crippen LogP contribution in [0.4, 0.5) is 5.69 Å². The third kappa shape index (κ3) is 4.13. The summed E-state index contributed by atoms with van der Waals surface area (Å²) >= 11 is 0. The summed E-state index contributed by atoms with van der Waals surface area (Å²) in [5.41, 5.74) is 8.44. The van der Waals surface area contributed by atoms with E-state index >= 15 is 0 Å². The minimum Gasteiger partial charge on any atom is -0.494 e. The van der Waals surface area contributed by atoms with Crippen molar-refractivity contribution in [2.24, 2.45) is 19.8 Å². The van der Waals surface area contributed by atoms with Gasteiger partial charge in [0.2, 0.25) is 0 Å². The van der Waals surface area contributed by atoms with E-state index in [2.05, 4.69) is 5.32 Å². The van der Waals surface area contributed by atoms with Crippen LogP contribution in [0, 0.1) is 0 Å². The minimum absolute atomic E-state index is 0.178. The first kappa shape index (κ1) is 22.7. The summed E-state index contributed by atoms with van der Waals surface area (Å²) in [5.74, 6) is 1.07. The summed E-state index contributed by atoms with van der Waals surface area (Å²) in [6.45, 7) is -0.178. The van der Waals surface area contributed by atoms with E-state index < -0.39 is 5.91 Å². The highest BCUT2D eigenvalue weighted by atomic mass is 16.5. The maximum atomic E-state index is 12.4. The number of carbonyl (C=O) groups is 2. The van der Waals surface area contributed by atoms with Gasteiger partial charge in [0.05, 0.1) is 30.8 Å². The number of hydrogen-bond donors (Lipinski definition) is 2. The molecule has 0 spiro atoms. The van der Waals surface area contributed by atoms with Gasteiger partial charge in [0, 0.05) is 26.0 Å². The molecule has 0 atom stereocenters. The Labute approximate surface area is 195 Å². The Morgan fingerprint density at radius 1 is 1.06 bits per heavy atom. The number of ether oxygens (including phenoxy) is 3. The molecule has 0 aliphatic rings. The maximum Gasteiger partial charge on any atom is 0.262 e. The molecule has 176 valence electrons. The fourth-order valence-electron chi connectivity index (χ4n) is 3.81. The Morgan fingerprint density at radius 2 is 1.79 bits per heavy atom. The molecular weight excluding hydrogens is 438 g/mol. The van der Waals surface area contributed by atoms with Gasteiger partial charge in [0.1, 0.15) is 5.69 Å². The number of anilines is 1. The highest BCUT2D eigenvalue weighted by Gasteiger charge is 2.24. The second-order valence-corrected chi connectivity index (χ2v) is 7.59. The summed E-state index contributed by atoms with van der Waals surface area (Å²) < 4.78 is 19.9. The zero-order valence-electron chi connectivity index (χ0n) is 19.3. The minimum atomic E-state index is -0.585. The summed E-state index contributed by atoms with van der Waals surface area (Å²) in [5, 5.41) is 2.82. The molecule has 0 aliphatic carbocycles. The number of amides is 2. The number of methoxy groups -OCH3 is 2. The number of nitrogens with two attached hydrogens (primary N) is 1. The number of benzene rings is 2. The predicted octanol–water partition coefficient (Wildman–Crippen LogP) is 2.71. The maximum absolute atomic E-state index is 12.4. The van der Waals surface area contributed by atoms with Crippen LogP contribution in [0.15, 0.2) is 48.7 Å². The molecule has 4 aromatic rings. The molecule has 2 heterocycles. The van der Waals surface area contributed by atoms with Gasteiger partial charge in [0.15, 0.2) is 29.7 Å². The number of rotatable bonds is 8. The number of para-hydroxylation sites is 2. The van der Waals surface area contributed by atoms with E-state index in [4.69, 9.17) is 24.9 Å². The van der Waals surface area contributed by atoms with Crippen LogP contribution in [0.3, 0.4) is 0 Å². The van der Waals surface area contributed by atoms with Crippen LogP contribution in [-0.4, -0.2) is 46.8 Å². The van der Waals surface area contributed by atoms with Gasteiger partial charge in [-0.15, -0.1) is 0 Å². The van der Waals surface area contributed by atoms with Crippen LogP contribution in [0.1, 0.15) is 10.4 Å². The lowest BCUT2D eigenvalue weighted by Crippen LogP contribution is -2.20. The number of primary amides is 1. The van der Waals surface area contributed by atoms with E-state index in [9.17, 15) is 9.59 Å². The number of nitrogens with one attached hydrogen (secondary N) is 1. The van der Waals surface area contributed by atoms with Gasteiger partial charge in [-0.1, -0.05) is 12.1 Å². The Balaban J connectivity index is 1.58. The van der Waals surface area contributed by atoms with Gasteiger partial charge in [0.25, 0.3) is 11.8 Å². The number of hydrogen-bond acceptors (Lipinski definition) is 6. The fraction of sp³-hybridized carbons (Fsp3) is 0.208. The van der Waals surface area contributed by atoms with E-state index in [-0.39, 0.29) is 18.1 Å². The number of imidazole rings is 1. The molecule has 3 N–H and O–H groups in total. The lowest BCUT2D eigenvalue weighted by Gasteiger charge is -2.10. The molecule has 2 aromatic carbocycles. The van der Waals surface area contributed by atoms with Crippen LogP contribution in [0.5, 0.6) is 17.2 Å². The zero-order valence-corrected chi connectivity index (χ0v) is 19.3. The quantitative estimate of drug-likeness (QED) is 0.414. The molecular formula is C24H25N5O5. The summed E-state index contributed by atoms with van der Waals surface area (Å²) in [4.78, 5) is 29.0. The van der Waals surface area contributed by atoms with Gasteiger partial charge in [-0.05, 0) is 30.3 Å². The van der Waals surface area contributed by atoms with Crippen LogP contribution in [0.25, 0.3) is 22.6 Å². The SMILES string of the molecule is COc1ccccc1OCC(=O)Nc1ccc2c(c1)nc(-c1c(OC)c(C(N)=O)cn1C)n2C. The fourth-order valence-corrected chi connectivity index (χ4v) is 3.81. The topological polar surface area (TPSA) is 123 Å². The number of nitrogens with zero attached hydrogens (tertiary/aromatic N) is 3. The van der Waals surface area contributed by atoms with Crippen molar-refractivity contribution in [1.82, 2.24) is 14.1 Å². The van der Waals surface area contributed by atoms with Crippen LogP contribution in [0.2, 0.25) is 0 Å². The number of aromatic nitrogens is 3. The number of carbonyl (C=O) groups excluding carboxylic acids is 2. The second kappa shape index (κ2) is 9.18. The standard InChI is InChI=1S/C24H25N5O5/c1-28-12-15(23(25)31)22(33-4)21(28)24-27-16-11-14(9-10-17(16)29(24)2)26-20(30)13-34-19-8-6-5-7-18(19)32-3/h5-12H,13H2,1-4H3,(H2,25,31)(H,26,30). The third-order valence-electron chi connectivity index (χ3n) is 5.41. The van der Waals surface area contributed by atoms with E-state index in [1.807, 2.05) is 23.7 Å². The Bertz CT molecular complexity index is 1390. The van der Waals surface area contributed by atoms with Crippen molar-refractivity contribution in [3.05, 3.63) is 54.2 Å². The Morgan fingerprint density at radius 3 is 2.47 bits per heavy atom. The van der Waals surface area contributed by atoms with Gasteiger partial charge < -0.3 is 34.4 Å². The highest BCUT2D eigenvalue weighted by molar-refractivity contribution is 5.99. The van der Waals surface area contributed by atoms with E-state index in [1.54, 1.807) is 55.3 Å². The van der Waals surface area contributed by atoms with Crippen molar-refractivity contribution in [1.29, 1.82) is 0 Å². The van der Waals surface area contributed by atoms with Gasteiger partial charge >= 0.3 is 0 Å². The second-order valence-electron chi connectivity index (χ2n) is 7.59. The smallest absolute Gasteiger partial charge is 0.262 e. The molecule has 0 unspecified atom stereocenters.